The monoisotopic (exact) mass is 291 g/mol. The predicted molar refractivity (Wildman–Crippen MR) is 88.1 cm³/mol. The first-order valence-electron chi connectivity index (χ1n) is 8.24. The number of anilines is 1. The summed E-state index contributed by atoms with van der Waals surface area (Å²) in [6, 6.07) is 6.05. The molecule has 118 valence electrons. The van der Waals surface area contributed by atoms with E-state index in [1.807, 2.05) is 19.1 Å². The number of ether oxygens (including phenoxy) is 1. The molecule has 1 aliphatic heterocycles. The highest BCUT2D eigenvalue weighted by atomic mass is 16.5. The second kappa shape index (κ2) is 8.23. The van der Waals surface area contributed by atoms with Gasteiger partial charge in [0.15, 0.2) is 0 Å². The molecule has 0 radical (unpaired) electrons. The molecule has 21 heavy (non-hydrogen) atoms. The zero-order valence-electron chi connectivity index (χ0n) is 13.6. The first-order valence-corrected chi connectivity index (χ1v) is 8.24. The van der Waals surface area contributed by atoms with Crippen LogP contribution in [0.2, 0.25) is 0 Å². The van der Waals surface area contributed by atoms with Gasteiger partial charge in [0, 0.05) is 19.2 Å². The second-order valence-corrected chi connectivity index (χ2v) is 6.27. The number of aromatic nitrogens is 1. The fourth-order valence-electron chi connectivity index (χ4n) is 2.82. The molecule has 1 aliphatic rings. The van der Waals surface area contributed by atoms with Crippen LogP contribution in [-0.4, -0.2) is 37.8 Å². The van der Waals surface area contributed by atoms with Crippen LogP contribution in [0.4, 0.5) is 5.82 Å². The van der Waals surface area contributed by atoms with Crippen LogP contribution < -0.4 is 15.0 Å². The van der Waals surface area contributed by atoms with Gasteiger partial charge in [0.2, 0.25) is 5.88 Å². The maximum atomic E-state index is 5.51. The summed E-state index contributed by atoms with van der Waals surface area (Å²) in [4.78, 5) is 7.01. The molecule has 1 fully saturated rings. The maximum Gasteiger partial charge on any atom is 0.215 e. The lowest BCUT2D eigenvalue weighted by Crippen LogP contribution is -2.40. The van der Waals surface area contributed by atoms with E-state index in [9.17, 15) is 0 Å². The van der Waals surface area contributed by atoms with Crippen LogP contribution >= 0.6 is 0 Å². The van der Waals surface area contributed by atoms with Gasteiger partial charge in [-0.15, -0.1) is 0 Å². The molecule has 4 nitrogen and oxygen atoms in total. The van der Waals surface area contributed by atoms with Crippen LogP contribution in [0.5, 0.6) is 5.88 Å². The lowest BCUT2D eigenvalue weighted by molar-refractivity contribution is 0.326. The Labute approximate surface area is 128 Å². The Morgan fingerprint density at radius 1 is 1.43 bits per heavy atom. The second-order valence-electron chi connectivity index (χ2n) is 6.27. The SMILES string of the molecule is CCOc1cccc(N2CCCC(CNCC(C)C)C2)n1. The predicted octanol–water partition coefficient (Wildman–Crippen LogP) is 2.94. The van der Waals surface area contributed by atoms with Gasteiger partial charge in [-0.3, -0.25) is 0 Å². The lowest BCUT2D eigenvalue weighted by Gasteiger charge is -2.34. The van der Waals surface area contributed by atoms with Crippen molar-refractivity contribution in [2.24, 2.45) is 11.8 Å². The van der Waals surface area contributed by atoms with Crippen molar-refractivity contribution in [3.63, 3.8) is 0 Å². The van der Waals surface area contributed by atoms with E-state index >= 15 is 0 Å². The van der Waals surface area contributed by atoms with Gasteiger partial charge in [0.25, 0.3) is 0 Å². The molecule has 0 amide bonds. The van der Waals surface area contributed by atoms with Gasteiger partial charge in [0.05, 0.1) is 6.61 Å². The Hall–Kier alpha value is -1.29. The molecule has 0 bridgehead atoms. The molecule has 2 heterocycles. The zero-order chi connectivity index (χ0) is 15.1. The van der Waals surface area contributed by atoms with Gasteiger partial charge in [-0.2, -0.15) is 4.98 Å². The molecule has 1 aromatic heterocycles. The highest BCUT2D eigenvalue weighted by Crippen LogP contribution is 2.23. The Balaban J connectivity index is 1.89. The van der Waals surface area contributed by atoms with E-state index in [-0.39, 0.29) is 0 Å². The van der Waals surface area contributed by atoms with Gasteiger partial charge in [-0.05, 0) is 50.8 Å². The highest BCUT2D eigenvalue weighted by molar-refractivity contribution is 5.41. The topological polar surface area (TPSA) is 37.4 Å². The van der Waals surface area contributed by atoms with E-state index in [0.29, 0.717) is 12.5 Å². The molecule has 4 heteroatoms. The Bertz CT molecular complexity index is 422. The van der Waals surface area contributed by atoms with Crippen molar-refractivity contribution in [2.75, 3.05) is 37.7 Å². The number of hydrogen-bond acceptors (Lipinski definition) is 4. The minimum atomic E-state index is 0.665. The summed E-state index contributed by atoms with van der Waals surface area (Å²) in [5, 5.41) is 3.59. The fraction of sp³-hybridized carbons (Fsp3) is 0.706. The van der Waals surface area contributed by atoms with E-state index in [0.717, 1.165) is 43.8 Å². The van der Waals surface area contributed by atoms with Crippen molar-refractivity contribution in [1.29, 1.82) is 0 Å². The fourth-order valence-corrected chi connectivity index (χ4v) is 2.82. The summed E-state index contributed by atoms with van der Waals surface area (Å²) in [5.41, 5.74) is 0. The van der Waals surface area contributed by atoms with E-state index in [2.05, 4.69) is 35.1 Å². The third-order valence-corrected chi connectivity index (χ3v) is 3.83. The van der Waals surface area contributed by atoms with Crippen LogP contribution in [0.25, 0.3) is 0 Å². The Kier molecular flexibility index (Phi) is 6.30. The van der Waals surface area contributed by atoms with Crippen LogP contribution in [0.3, 0.4) is 0 Å². The van der Waals surface area contributed by atoms with E-state index < -0.39 is 0 Å². The summed E-state index contributed by atoms with van der Waals surface area (Å²) in [6.45, 7) is 11.6. The Morgan fingerprint density at radius 3 is 3.05 bits per heavy atom. The van der Waals surface area contributed by atoms with Crippen LogP contribution in [0.1, 0.15) is 33.6 Å². The molecule has 1 unspecified atom stereocenters. The van der Waals surface area contributed by atoms with E-state index in [4.69, 9.17) is 4.74 Å². The molecule has 2 rings (SSSR count). The molecule has 1 N–H and O–H groups in total. The summed E-state index contributed by atoms with van der Waals surface area (Å²) in [5.74, 6) is 3.22. The average Bonchev–Trinajstić information content (AvgIpc) is 2.48. The van der Waals surface area contributed by atoms with Gasteiger partial charge in [-0.25, -0.2) is 0 Å². The molecule has 0 saturated carbocycles. The Morgan fingerprint density at radius 2 is 2.29 bits per heavy atom. The van der Waals surface area contributed by atoms with Gasteiger partial charge in [0.1, 0.15) is 5.82 Å². The molecule has 0 aliphatic carbocycles. The molecular weight excluding hydrogens is 262 g/mol. The van der Waals surface area contributed by atoms with Crippen LogP contribution in [-0.2, 0) is 0 Å². The summed E-state index contributed by atoms with van der Waals surface area (Å²) < 4.78 is 5.51. The quantitative estimate of drug-likeness (QED) is 0.838. The summed E-state index contributed by atoms with van der Waals surface area (Å²) >= 11 is 0. The van der Waals surface area contributed by atoms with Gasteiger partial charge < -0.3 is 15.0 Å². The molecule has 1 aromatic rings. The lowest BCUT2D eigenvalue weighted by atomic mass is 9.98. The van der Waals surface area contributed by atoms with Gasteiger partial charge in [-0.1, -0.05) is 19.9 Å². The first kappa shape index (κ1) is 16.1. The number of nitrogens with zero attached hydrogens (tertiary/aromatic N) is 2. The number of rotatable bonds is 7. The summed E-state index contributed by atoms with van der Waals surface area (Å²) in [6.07, 6.45) is 2.56. The van der Waals surface area contributed by atoms with Crippen LogP contribution in [0, 0.1) is 11.8 Å². The van der Waals surface area contributed by atoms with E-state index in [1.54, 1.807) is 0 Å². The number of piperidine rings is 1. The first-order chi connectivity index (χ1) is 10.2. The molecular formula is C17H29N3O. The molecule has 0 aromatic carbocycles. The standard InChI is InChI=1S/C17H29N3O/c1-4-21-17-9-5-8-16(19-17)20-10-6-7-15(13-20)12-18-11-14(2)3/h5,8-9,14-15,18H,4,6-7,10-13H2,1-3H3. The van der Waals surface area contributed by atoms with Crippen molar-refractivity contribution in [2.45, 2.75) is 33.6 Å². The van der Waals surface area contributed by atoms with Crippen molar-refractivity contribution < 1.29 is 4.74 Å². The van der Waals surface area contributed by atoms with Crippen molar-refractivity contribution in [3.05, 3.63) is 18.2 Å². The molecule has 0 spiro atoms. The van der Waals surface area contributed by atoms with Crippen molar-refractivity contribution >= 4 is 5.82 Å². The smallest absolute Gasteiger partial charge is 0.215 e. The normalized spacial score (nSPS) is 19.0. The summed E-state index contributed by atoms with van der Waals surface area (Å²) in [7, 11) is 0. The number of hydrogen-bond donors (Lipinski definition) is 1. The maximum absolute atomic E-state index is 5.51. The molecule has 1 atom stereocenters. The van der Waals surface area contributed by atoms with Crippen molar-refractivity contribution in [1.82, 2.24) is 10.3 Å². The third kappa shape index (κ3) is 5.20. The van der Waals surface area contributed by atoms with E-state index in [1.165, 1.54) is 12.8 Å². The third-order valence-electron chi connectivity index (χ3n) is 3.83. The minimum Gasteiger partial charge on any atom is -0.478 e. The number of nitrogens with one attached hydrogen (secondary N) is 1. The zero-order valence-corrected chi connectivity index (χ0v) is 13.6. The van der Waals surface area contributed by atoms with Crippen LogP contribution in [0.15, 0.2) is 18.2 Å². The largest absolute Gasteiger partial charge is 0.478 e. The van der Waals surface area contributed by atoms with Crippen molar-refractivity contribution in [3.8, 4) is 5.88 Å². The highest BCUT2D eigenvalue weighted by Gasteiger charge is 2.21. The molecule has 1 saturated heterocycles. The van der Waals surface area contributed by atoms with Gasteiger partial charge >= 0.3 is 0 Å². The minimum absolute atomic E-state index is 0.665. The average molecular weight is 291 g/mol. The number of pyridine rings is 1.